The van der Waals surface area contributed by atoms with Crippen molar-refractivity contribution in [3.63, 3.8) is 0 Å². The highest BCUT2D eigenvalue weighted by Crippen LogP contribution is 2.16. The number of nitrogens with zero attached hydrogens (tertiary/aromatic N) is 1. The molecule has 0 aliphatic carbocycles. The van der Waals surface area contributed by atoms with Crippen LogP contribution in [0.1, 0.15) is 5.56 Å². The smallest absolute Gasteiger partial charge is 0.329 e. The number of aliphatic carboxylic acids is 1. The van der Waals surface area contributed by atoms with E-state index in [4.69, 9.17) is 16.7 Å². The van der Waals surface area contributed by atoms with Crippen molar-refractivity contribution in [2.45, 2.75) is 0 Å². The zero-order valence-corrected chi connectivity index (χ0v) is 10.3. The first kappa shape index (κ1) is 13.1. The summed E-state index contributed by atoms with van der Waals surface area (Å²) < 4.78 is 0. The average Bonchev–Trinajstić information content (AvgIpc) is 2.57. The fraction of sp³-hybridized carbons (Fsp3) is 0.0833. The summed E-state index contributed by atoms with van der Waals surface area (Å²) >= 11 is 5.80. The van der Waals surface area contributed by atoms with Crippen LogP contribution in [-0.2, 0) is 9.59 Å². The molecule has 0 atom stereocenters. The Hall–Kier alpha value is -2.34. The predicted molar refractivity (Wildman–Crippen MR) is 67.3 cm³/mol. The van der Waals surface area contributed by atoms with Crippen LogP contribution < -0.4 is 5.32 Å². The lowest BCUT2D eigenvalue weighted by molar-refractivity contribution is -0.140. The Morgan fingerprint density at radius 1 is 1.42 bits per heavy atom. The predicted octanol–water partition coefficient (Wildman–Crippen LogP) is 1.32. The summed E-state index contributed by atoms with van der Waals surface area (Å²) in [5, 5.41) is 11.4. The molecule has 19 heavy (non-hydrogen) atoms. The number of nitrogens with one attached hydrogen (secondary N) is 1. The molecular weight excluding hydrogens is 272 g/mol. The Morgan fingerprint density at radius 2 is 2.16 bits per heavy atom. The number of carbonyl (C=O) groups is 3. The number of halogens is 1. The molecule has 0 radical (unpaired) electrons. The van der Waals surface area contributed by atoms with Crippen molar-refractivity contribution < 1.29 is 19.5 Å². The van der Waals surface area contributed by atoms with Crippen LogP contribution in [0.5, 0.6) is 0 Å². The third-order valence-corrected chi connectivity index (χ3v) is 2.65. The van der Waals surface area contributed by atoms with Gasteiger partial charge in [0.1, 0.15) is 12.2 Å². The number of carboxylic acids is 1. The van der Waals surface area contributed by atoms with Crippen molar-refractivity contribution >= 4 is 35.6 Å². The number of urea groups is 1. The molecule has 1 aliphatic rings. The van der Waals surface area contributed by atoms with Gasteiger partial charge in [0.05, 0.1) is 0 Å². The average molecular weight is 281 g/mol. The second kappa shape index (κ2) is 5.11. The molecule has 2 rings (SSSR count). The maximum absolute atomic E-state index is 11.8. The van der Waals surface area contributed by atoms with E-state index in [1.807, 2.05) is 0 Å². The molecule has 0 bridgehead atoms. The van der Waals surface area contributed by atoms with Gasteiger partial charge in [-0.05, 0) is 23.8 Å². The molecule has 2 N–H and O–H groups in total. The van der Waals surface area contributed by atoms with E-state index in [0.29, 0.717) is 15.5 Å². The van der Waals surface area contributed by atoms with Crippen LogP contribution in [0.25, 0.3) is 6.08 Å². The molecule has 3 amide bonds. The number of imide groups is 1. The van der Waals surface area contributed by atoms with Crippen molar-refractivity contribution in [1.29, 1.82) is 0 Å². The number of rotatable bonds is 3. The molecule has 1 heterocycles. The molecule has 0 saturated carbocycles. The quantitative estimate of drug-likeness (QED) is 0.646. The third-order valence-electron chi connectivity index (χ3n) is 2.42. The summed E-state index contributed by atoms with van der Waals surface area (Å²) in [6, 6.07) is 5.95. The van der Waals surface area contributed by atoms with Crippen LogP contribution in [0.3, 0.4) is 0 Å². The Labute approximate surface area is 113 Å². The molecule has 6 nitrogen and oxygen atoms in total. The van der Waals surface area contributed by atoms with Crippen LogP contribution in [0.2, 0.25) is 5.02 Å². The van der Waals surface area contributed by atoms with Gasteiger partial charge < -0.3 is 10.4 Å². The number of hydrogen-bond acceptors (Lipinski definition) is 3. The maximum Gasteiger partial charge on any atom is 0.329 e. The second-order valence-corrected chi connectivity index (χ2v) is 4.26. The zero-order valence-electron chi connectivity index (χ0n) is 9.59. The zero-order chi connectivity index (χ0) is 14.0. The van der Waals surface area contributed by atoms with E-state index in [-0.39, 0.29) is 5.70 Å². The molecule has 1 fully saturated rings. The first-order chi connectivity index (χ1) is 8.97. The van der Waals surface area contributed by atoms with E-state index in [2.05, 4.69) is 5.32 Å². The monoisotopic (exact) mass is 280 g/mol. The molecule has 7 heteroatoms. The molecule has 1 aromatic rings. The molecule has 1 saturated heterocycles. The summed E-state index contributed by atoms with van der Waals surface area (Å²) in [6.45, 7) is -0.669. The van der Waals surface area contributed by atoms with Gasteiger partial charge >= 0.3 is 12.0 Å². The largest absolute Gasteiger partial charge is 0.480 e. The van der Waals surface area contributed by atoms with E-state index in [0.717, 1.165) is 0 Å². The summed E-state index contributed by atoms with van der Waals surface area (Å²) in [7, 11) is 0. The summed E-state index contributed by atoms with van der Waals surface area (Å²) in [5.41, 5.74) is 0.654. The summed E-state index contributed by atoms with van der Waals surface area (Å²) in [5.74, 6) is -1.93. The van der Waals surface area contributed by atoms with Crippen LogP contribution in [-0.4, -0.2) is 34.5 Å². The number of amides is 3. The highest BCUT2D eigenvalue weighted by molar-refractivity contribution is 6.30. The molecular formula is C12H9ClN2O4. The van der Waals surface area contributed by atoms with Crippen LogP contribution >= 0.6 is 11.6 Å². The number of hydrogen-bond donors (Lipinski definition) is 2. The first-order valence-corrected chi connectivity index (χ1v) is 5.67. The van der Waals surface area contributed by atoms with Gasteiger partial charge in [0.2, 0.25) is 0 Å². The fourth-order valence-electron chi connectivity index (χ4n) is 1.61. The topological polar surface area (TPSA) is 86.7 Å². The Kier molecular flexibility index (Phi) is 3.52. The maximum atomic E-state index is 11.8. The van der Waals surface area contributed by atoms with Gasteiger partial charge in [-0.1, -0.05) is 23.7 Å². The standard InChI is InChI=1S/C12H9ClN2O4/c13-8-3-1-2-7(4-8)5-9-11(18)15(6-10(16)17)12(19)14-9/h1-5H,6H2,(H,14,19)(H,16,17)/b9-5-. The third kappa shape index (κ3) is 2.92. The normalized spacial score (nSPS) is 16.9. The molecule has 0 unspecified atom stereocenters. The van der Waals surface area contributed by atoms with E-state index >= 15 is 0 Å². The molecule has 98 valence electrons. The summed E-state index contributed by atoms with van der Waals surface area (Å²) in [6.07, 6.45) is 1.44. The van der Waals surface area contributed by atoms with E-state index in [9.17, 15) is 14.4 Å². The SMILES string of the molecule is O=C(O)CN1C(=O)N/C(=C\c2cccc(Cl)c2)C1=O. The van der Waals surface area contributed by atoms with E-state index in [1.54, 1.807) is 24.3 Å². The van der Waals surface area contributed by atoms with Gasteiger partial charge in [-0.3, -0.25) is 9.59 Å². The Morgan fingerprint density at radius 3 is 2.79 bits per heavy atom. The van der Waals surface area contributed by atoms with E-state index in [1.165, 1.54) is 6.08 Å². The minimum Gasteiger partial charge on any atom is -0.480 e. The van der Waals surface area contributed by atoms with Crippen molar-refractivity contribution in [2.75, 3.05) is 6.54 Å². The van der Waals surface area contributed by atoms with Crippen LogP contribution in [0.15, 0.2) is 30.0 Å². The fourth-order valence-corrected chi connectivity index (χ4v) is 1.81. The molecule has 0 aromatic heterocycles. The Bertz CT molecular complexity index is 597. The Balaban J connectivity index is 2.25. The van der Waals surface area contributed by atoms with Gasteiger partial charge in [0.15, 0.2) is 0 Å². The van der Waals surface area contributed by atoms with Gasteiger partial charge in [-0.25, -0.2) is 9.69 Å². The van der Waals surface area contributed by atoms with Gasteiger partial charge in [0.25, 0.3) is 5.91 Å². The number of carbonyl (C=O) groups excluding carboxylic acids is 2. The van der Waals surface area contributed by atoms with Crippen molar-refractivity contribution in [2.24, 2.45) is 0 Å². The van der Waals surface area contributed by atoms with Gasteiger partial charge in [-0.15, -0.1) is 0 Å². The molecule has 1 aromatic carbocycles. The molecule has 1 aliphatic heterocycles. The van der Waals surface area contributed by atoms with Crippen molar-refractivity contribution in [3.8, 4) is 0 Å². The van der Waals surface area contributed by atoms with Gasteiger partial charge in [0, 0.05) is 5.02 Å². The summed E-state index contributed by atoms with van der Waals surface area (Å²) in [4.78, 5) is 34.4. The van der Waals surface area contributed by atoms with Crippen LogP contribution in [0.4, 0.5) is 4.79 Å². The lowest BCUT2D eigenvalue weighted by Gasteiger charge is -2.06. The van der Waals surface area contributed by atoms with Crippen LogP contribution in [0, 0.1) is 0 Å². The lowest BCUT2D eigenvalue weighted by Crippen LogP contribution is -2.35. The van der Waals surface area contributed by atoms with Crippen molar-refractivity contribution in [1.82, 2.24) is 10.2 Å². The minimum atomic E-state index is -1.26. The highest BCUT2D eigenvalue weighted by atomic mass is 35.5. The highest BCUT2D eigenvalue weighted by Gasteiger charge is 2.34. The minimum absolute atomic E-state index is 0.0218. The van der Waals surface area contributed by atoms with Gasteiger partial charge in [-0.2, -0.15) is 0 Å². The first-order valence-electron chi connectivity index (χ1n) is 5.29. The van der Waals surface area contributed by atoms with Crippen molar-refractivity contribution in [3.05, 3.63) is 40.5 Å². The van der Waals surface area contributed by atoms with E-state index < -0.39 is 24.5 Å². The molecule has 0 spiro atoms. The second-order valence-electron chi connectivity index (χ2n) is 3.83. The number of carboxylic acid groups (broad SMARTS) is 1. The lowest BCUT2D eigenvalue weighted by atomic mass is 10.2. The number of benzene rings is 1.